The van der Waals surface area contributed by atoms with E-state index in [9.17, 15) is 13.5 Å². The number of anilines is 1. The van der Waals surface area contributed by atoms with Gasteiger partial charge in [-0.25, -0.2) is 8.42 Å². The first kappa shape index (κ1) is 19.1. The van der Waals surface area contributed by atoms with Gasteiger partial charge in [-0.1, -0.05) is 42.5 Å². The number of fused-ring (bicyclic) bond motifs is 2. The Kier molecular flexibility index (Phi) is 4.37. The molecule has 1 aromatic heterocycles. The van der Waals surface area contributed by atoms with Gasteiger partial charge < -0.3 is 5.11 Å². The summed E-state index contributed by atoms with van der Waals surface area (Å²) in [6.07, 6.45) is 0. The molecule has 0 radical (unpaired) electrons. The van der Waals surface area contributed by atoms with Gasteiger partial charge in [-0.15, -0.1) is 15.0 Å². The van der Waals surface area contributed by atoms with E-state index in [1.165, 1.54) is 4.80 Å². The number of phenols is 1. The van der Waals surface area contributed by atoms with Crippen molar-refractivity contribution in [3.63, 3.8) is 0 Å². The van der Waals surface area contributed by atoms with Crippen LogP contribution >= 0.6 is 0 Å². The number of nitrogens with one attached hydrogen (secondary N) is 1. The Labute approximate surface area is 178 Å². The first-order valence-corrected chi connectivity index (χ1v) is 11.1. The number of nitrogens with zero attached hydrogens (tertiary/aromatic N) is 3. The summed E-state index contributed by atoms with van der Waals surface area (Å²) < 4.78 is 28.6. The zero-order valence-electron chi connectivity index (χ0n) is 16.5. The number of hydrogen-bond donors (Lipinski definition) is 2. The van der Waals surface area contributed by atoms with Crippen molar-refractivity contribution in [1.29, 1.82) is 0 Å². The summed E-state index contributed by atoms with van der Waals surface area (Å²) in [5, 5.41) is 21.4. The Bertz CT molecular complexity index is 1530. The molecule has 5 rings (SSSR count). The number of aromatic hydroxyl groups is 1. The van der Waals surface area contributed by atoms with Crippen molar-refractivity contribution in [2.45, 2.75) is 11.8 Å². The number of benzene rings is 4. The van der Waals surface area contributed by atoms with Gasteiger partial charge in [-0.2, -0.15) is 0 Å². The third-order valence-corrected chi connectivity index (χ3v) is 6.37. The van der Waals surface area contributed by atoms with E-state index >= 15 is 0 Å². The van der Waals surface area contributed by atoms with Gasteiger partial charge in [-0.05, 0) is 59.7 Å². The van der Waals surface area contributed by atoms with Crippen LogP contribution < -0.4 is 4.72 Å². The highest BCUT2D eigenvalue weighted by molar-refractivity contribution is 7.92. The first-order chi connectivity index (χ1) is 14.9. The standard InChI is InChI=1S/C23H18N4O3S/c1-15-12-21(23(28)22(13-15)27-24-19-8-4-5-9-20(19)25-27)26-31(29,30)18-11-10-16-6-2-3-7-17(16)14-18/h2-14,26,28H,1H3. The molecule has 0 amide bonds. The molecule has 8 heteroatoms. The van der Waals surface area contributed by atoms with E-state index in [0.717, 1.165) is 16.3 Å². The lowest BCUT2D eigenvalue weighted by Crippen LogP contribution is -2.14. The monoisotopic (exact) mass is 430 g/mol. The summed E-state index contributed by atoms with van der Waals surface area (Å²) in [6, 6.07) is 23.0. The second-order valence-electron chi connectivity index (χ2n) is 7.27. The van der Waals surface area contributed by atoms with E-state index in [-0.39, 0.29) is 22.0 Å². The van der Waals surface area contributed by atoms with Gasteiger partial charge in [0.2, 0.25) is 0 Å². The van der Waals surface area contributed by atoms with E-state index < -0.39 is 10.0 Å². The number of sulfonamides is 1. The summed E-state index contributed by atoms with van der Waals surface area (Å²) in [5.41, 5.74) is 2.42. The highest BCUT2D eigenvalue weighted by atomic mass is 32.2. The van der Waals surface area contributed by atoms with Crippen LogP contribution in [0.4, 0.5) is 5.69 Å². The summed E-state index contributed by atoms with van der Waals surface area (Å²) in [4.78, 5) is 1.41. The molecule has 0 fully saturated rings. The number of aryl methyl sites for hydroxylation is 1. The lowest BCUT2D eigenvalue weighted by atomic mass is 10.1. The highest BCUT2D eigenvalue weighted by Crippen LogP contribution is 2.34. The van der Waals surface area contributed by atoms with Gasteiger partial charge in [-0.3, -0.25) is 4.72 Å². The maximum atomic E-state index is 13.0. The normalized spacial score (nSPS) is 11.8. The molecule has 0 aliphatic heterocycles. The number of hydrogen-bond acceptors (Lipinski definition) is 5. The molecule has 0 saturated carbocycles. The summed E-state index contributed by atoms with van der Waals surface area (Å²) in [7, 11) is -3.93. The van der Waals surface area contributed by atoms with Crippen molar-refractivity contribution in [3.05, 3.63) is 84.4 Å². The smallest absolute Gasteiger partial charge is 0.262 e. The maximum absolute atomic E-state index is 13.0. The van der Waals surface area contributed by atoms with Gasteiger partial charge in [0, 0.05) is 0 Å². The summed E-state index contributed by atoms with van der Waals surface area (Å²) in [5.74, 6) is -0.254. The van der Waals surface area contributed by atoms with Crippen molar-refractivity contribution in [2.75, 3.05) is 4.72 Å². The molecule has 4 aromatic carbocycles. The minimum atomic E-state index is -3.93. The second kappa shape index (κ2) is 7.10. The Morgan fingerprint density at radius 3 is 2.19 bits per heavy atom. The number of phenolic OH excluding ortho intramolecular Hbond substituents is 1. The second-order valence-corrected chi connectivity index (χ2v) is 8.96. The molecule has 0 saturated heterocycles. The van der Waals surface area contributed by atoms with Crippen LogP contribution in [0.1, 0.15) is 5.56 Å². The molecule has 31 heavy (non-hydrogen) atoms. The van der Waals surface area contributed by atoms with Crippen molar-refractivity contribution < 1.29 is 13.5 Å². The Morgan fingerprint density at radius 1 is 0.839 bits per heavy atom. The first-order valence-electron chi connectivity index (χ1n) is 9.58. The van der Waals surface area contributed by atoms with E-state index in [2.05, 4.69) is 14.9 Å². The molecule has 0 aliphatic carbocycles. The van der Waals surface area contributed by atoms with Crippen molar-refractivity contribution in [1.82, 2.24) is 15.0 Å². The Balaban J connectivity index is 1.57. The third-order valence-electron chi connectivity index (χ3n) is 5.01. The van der Waals surface area contributed by atoms with Crippen LogP contribution in [-0.2, 0) is 10.0 Å². The van der Waals surface area contributed by atoms with Crippen molar-refractivity contribution in [2.24, 2.45) is 0 Å². The van der Waals surface area contributed by atoms with Crippen LogP contribution in [0.3, 0.4) is 0 Å². The number of aromatic nitrogens is 3. The summed E-state index contributed by atoms with van der Waals surface area (Å²) in [6.45, 7) is 1.81. The zero-order chi connectivity index (χ0) is 21.6. The fraction of sp³-hybridized carbons (Fsp3) is 0.0435. The molecule has 5 aromatic rings. The van der Waals surface area contributed by atoms with Crippen LogP contribution in [0, 0.1) is 6.92 Å². The topological polar surface area (TPSA) is 97.1 Å². The molecular formula is C23H18N4O3S. The lowest BCUT2D eigenvalue weighted by Gasteiger charge is -2.13. The average Bonchev–Trinajstić information content (AvgIpc) is 3.19. The Hall–Kier alpha value is -3.91. The molecule has 0 aliphatic rings. The predicted octanol–water partition coefficient (Wildman–Crippen LogP) is 4.39. The molecule has 2 N–H and O–H groups in total. The fourth-order valence-electron chi connectivity index (χ4n) is 3.50. The predicted molar refractivity (Wildman–Crippen MR) is 120 cm³/mol. The molecule has 0 bridgehead atoms. The molecule has 1 heterocycles. The molecule has 0 unspecified atom stereocenters. The molecule has 0 spiro atoms. The fourth-order valence-corrected chi connectivity index (χ4v) is 4.59. The highest BCUT2D eigenvalue weighted by Gasteiger charge is 2.20. The van der Waals surface area contributed by atoms with Crippen LogP contribution in [0.25, 0.3) is 27.5 Å². The molecule has 154 valence electrons. The minimum Gasteiger partial charge on any atom is -0.504 e. The SMILES string of the molecule is Cc1cc(NS(=O)(=O)c2ccc3ccccc3c2)c(O)c(-n2nc3ccccc3n2)c1. The van der Waals surface area contributed by atoms with Gasteiger partial charge >= 0.3 is 0 Å². The van der Waals surface area contributed by atoms with Gasteiger partial charge in [0.05, 0.1) is 10.6 Å². The van der Waals surface area contributed by atoms with E-state index in [1.54, 1.807) is 37.3 Å². The lowest BCUT2D eigenvalue weighted by molar-refractivity contribution is 0.470. The zero-order valence-corrected chi connectivity index (χ0v) is 17.3. The van der Waals surface area contributed by atoms with Gasteiger partial charge in [0.15, 0.2) is 5.75 Å². The van der Waals surface area contributed by atoms with E-state index in [1.807, 2.05) is 48.5 Å². The van der Waals surface area contributed by atoms with Crippen LogP contribution in [-0.4, -0.2) is 28.5 Å². The van der Waals surface area contributed by atoms with Gasteiger partial charge in [0.1, 0.15) is 16.7 Å². The van der Waals surface area contributed by atoms with Gasteiger partial charge in [0.25, 0.3) is 10.0 Å². The largest absolute Gasteiger partial charge is 0.504 e. The number of rotatable bonds is 4. The van der Waals surface area contributed by atoms with Crippen LogP contribution in [0.2, 0.25) is 0 Å². The summed E-state index contributed by atoms with van der Waals surface area (Å²) >= 11 is 0. The third kappa shape index (κ3) is 3.47. The van der Waals surface area contributed by atoms with E-state index in [4.69, 9.17) is 0 Å². The van der Waals surface area contributed by atoms with Crippen LogP contribution in [0.15, 0.2) is 83.8 Å². The van der Waals surface area contributed by atoms with Crippen molar-refractivity contribution >= 4 is 37.5 Å². The van der Waals surface area contributed by atoms with E-state index in [0.29, 0.717) is 11.0 Å². The molecule has 7 nitrogen and oxygen atoms in total. The minimum absolute atomic E-state index is 0.0597. The van der Waals surface area contributed by atoms with Crippen molar-refractivity contribution in [3.8, 4) is 11.4 Å². The molecule has 0 atom stereocenters. The van der Waals surface area contributed by atoms with Crippen LogP contribution in [0.5, 0.6) is 5.75 Å². The maximum Gasteiger partial charge on any atom is 0.262 e. The average molecular weight is 430 g/mol. The quantitative estimate of drug-likeness (QED) is 0.412. The Morgan fingerprint density at radius 2 is 1.48 bits per heavy atom. The molecular weight excluding hydrogens is 412 g/mol.